The van der Waals surface area contributed by atoms with Crippen molar-refractivity contribution in [2.45, 2.75) is 25.1 Å². The van der Waals surface area contributed by atoms with E-state index in [2.05, 4.69) is 22.2 Å². The Kier molecular flexibility index (Phi) is 4.28. The van der Waals surface area contributed by atoms with Gasteiger partial charge in [0, 0.05) is 45.4 Å². The van der Waals surface area contributed by atoms with Crippen LogP contribution in [0.1, 0.15) is 22.7 Å². The van der Waals surface area contributed by atoms with Crippen LogP contribution in [-0.2, 0) is 11.3 Å². The minimum absolute atomic E-state index is 0.129. The molecule has 1 N–H and O–H groups in total. The van der Waals surface area contributed by atoms with Crippen LogP contribution in [0, 0.1) is 0 Å². The van der Waals surface area contributed by atoms with E-state index in [9.17, 15) is 4.79 Å². The third-order valence-electron chi connectivity index (χ3n) is 4.33. The minimum atomic E-state index is -0.129. The lowest BCUT2D eigenvalue weighted by Crippen LogP contribution is -2.48. The number of likely N-dealkylation sites (N-methyl/N-ethyl adjacent to an activating group) is 1. The van der Waals surface area contributed by atoms with Crippen LogP contribution in [0.15, 0.2) is 16.5 Å². The number of carbonyl (C=O) groups is 1. The quantitative estimate of drug-likeness (QED) is 0.878. The topological polar surface area (TPSA) is 58.0 Å². The molecule has 0 spiro atoms. The fourth-order valence-electron chi connectivity index (χ4n) is 3.28. The van der Waals surface area contributed by atoms with Crippen molar-refractivity contribution in [3.05, 3.63) is 23.7 Å². The maximum Gasteiger partial charge on any atom is 0.287 e. The lowest BCUT2D eigenvalue weighted by molar-refractivity contribution is 0.0900. The van der Waals surface area contributed by atoms with Gasteiger partial charge >= 0.3 is 0 Å². The van der Waals surface area contributed by atoms with E-state index in [1.54, 1.807) is 19.2 Å². The molecule has 1 aromatic rings. The van der Waals surface area contributed by atoms with Gasteiger partial charge in [-0.25, -0.2) is 0 Å². The van der Waals surface area contributed by atoms with Crippen LogP contribution in [0.25, 0.3) is 0 Å². The maximum absolute atomic E-state index is 12.2. The first kappa shape index (κ1) is 14.6. The van der Waals surface area contributed by atoms with Crippen molar-refractivity contribution < 1.29 is 13.9 Å². The Hall–Kier alpha value is -1.37. The van der Waals surface area contributed by atoms with Gasteiger partial charge in [-0.2, -0.15) is 0 Å². The number of ether oxygens (including phenoxy) is 1. The number of fused-ring (bicyclic) bond motifs is 1. The van der Waals surface area contributed by atoms with E-state index in [0.29, 0.717) is 24.2 Å². The highest BCUT2D eigenvalue weighted by atomic mass is 16.5. The Bertz CT molecular complexity index is 502. The normalized spacial score (nSPS) is 26.8. The van der Waals surface area contributed by atoms with Crippen LogP contribution in [0.4, 0.5) is 0 Å². The number of piperazine rings is 1. The minimum Gasteiger partial charge on any atom is -0.453 e. The first-order chi connectivity index (χ1) is 10.2. The van der Waals surface area contributed by atoms with Crippen LogP contribution >= 0.6 is 0 Å². The third-order valence-corrected chi connectivity index (χ3v) is 4.33. The van der Waals surface area contributed by atoms with Crippen molar-refractivity contribution in [2.24, 2.45) is 0 Å². The molecule has 2 atom stereocenters. The molecule has 0 saturated carbocycles. The summed E-state index contributed by atoms with van der Waals surface area (Å²) < 4.78 is 10.5. The van der Waals surface area contributed by atoms with Crippen molar-refractivity contribution in [1.82, 2.24) is 15.1 Å². The van der Waals surface area contributed by atoms with E-state index in [1.165, 1.54) is 0 Å². The summed E-state index contributed by atoms with van der Waals surface area (Å²) in [5.74, 6) is 0.910. The number of methoxy groups -OCH3 is 1. The van der Waals surface area contributed by atoms with Gasteiger partial charge in [-0.15, -0.1) is 0 Å². The Labute approximate surface area is 125 Å². The fraction of sp³-hybridized carbons (Fsp3) is 0.667. The van der Waals surface area contributed by atoms with Crippen molar-refractivity contribution in [2.75, 3.05) is 40.3 Å². The van der Waals surface area contributed by atoms with Gasteiger partial charge in [0.25, 0.3) is 5.91 Å². The van der Waals surface area contributed by atoms with Crippen molar-refractivity contribution in [3.8, 4) is 0 Å². The van der Waals surface area contributed by atoms with E-state index in [1.807, 2.05) is 0 Å². The van der Waals surface area contributed by atoms with Crippen LogP contribution in [0.3, 0.4) is 0 Å². The largest absolute Gasteiger partial charge is 0.453 e. The molecule has 3 heterocycles. The summed E-state index contributed by atoms with van der Waals surface area (Å²) in [5.41, 5.74) is 0. The van der Waals surface area contributed by atoms with Crippen LogP contribution in [0.2, 0.25) is 0 Å². The van der Waals surface area contributed by atoms with Gasteiger partial charge in [-0.1, -0.05) is 0 Å². The van der Waals surface area contributed by atoms with Crippen LogP contribution < -0.4 is 5.32 Å². The third kappa shape index (κ3) is 3.28. The average Bonchev–Trinajstić information content (AvgIpc) is 3.05. The molecule has 1 aromatic heterocycles. The van der Waals surface area contributed by atoms with Gasteiger partial charge in [-0.05, 0) is 25.6 Å². The molecule has 0 radical (unpaired) electrons. The number of nitrogens with one attached hydrogen (secondary N) is 1. The molecule has 0 aliphatic carbocycles. The summed E-state index contributed by atoms with van der Waals surface area (Å²) in [6.45, 7) is 4.61. The average molecular weight is 293 g/mol. The summed E-state index contributed by atoms with van der Waals surface area (Å²) in [6, 6.07) is 4.27. The summed E-state index contributed by atoms with van der Waals surface area (Å²) in [6.07, 6.45) is 1.02. The molecule has 116 valence electrons. The molecule has 0 aromatic carbocycles. The number of furan rings is 1. The molecule has 2 saturated heterocycles. The molecule has 2 aliphatic rings. The Balaban J connectivity index is 1.55. The highest BCUT2D eigenvalue weighted by Crippen LogP contribution is 2.22. The molecule has 0 bridgehead atoms. The second-order valence-electron chi connectivity index (χ2n) is 6.02. The lowest BCUT2D eigenvalue weighted by Gasteiger charge is -2.34. The Morgan fingerprint density at radius 2 is 2.29 bits per heavy atom. The number of carbonyl (C=O) groups excluding carboxylic acids is 1. The molecule has 2 fully saturated rings. The zero-order valence-electron chi connectivity index (χ0n) is 12.7. The first-order valence-corrected chi connectivity index (χ1v) is 7.47. The zero-order chi connectivity index (χ0) is 14.8. The summed E-state index contributed by atoms with van der Waals surface area (Å²) in [4.78, 5) is 17.0. The van der Waals surface area contributed by atoms with Crippen molar-refractivity contribution in [1.29, 1.82) is 0 Å². The van der Waals surface area contributed by atoms with Gasteiger partial charge in [0.2, 0.25) is 0 Å². The van der Waals surface area contributed by atoms with E-state index in [0.717, 1.165) is 32.6 Å². The smallest absolute Gasteiger partial charge is 0.287 e. The highest BCUT2D eigenvalue weighted by molar-refractivity contribution is 5.91. The fourth-order valence-corrected chi connectivity index (χ4v) is 3.28. The highest BCUT2D eigenvalue weighted by Gasteiger charge is 2.36. The van der Waals surface area contributed by atoms with Crippen LogP contribution in [0.5, 0.6) is 0 Å². The maximum atomic E-state index is 12.2. The van der Waals surface area contributed by atoms with Crippen molar-refractivity contribution in [3.63, 3.8) is 0 Å². The van der Waals surface area contributed by atoms with Crippen molar-refractivity contribution >= 4 is 5.91 Å². The van der Waals surface area contributed by atoms with Gasteiger partial charge in [0.1, 0.15) is 12.4 Å². The van der Waals surface area contributed by atoms with E-state index in [4.69, 9.17) is 9.15 Å². The predicted molar refractivity (Wildman–Crippen MR) is 78.2 cm³/mol. The summed E-state index contributed by atoms with van der Waals surface area (Å²) in [7, 11) is 3.76. The number of hydrogen-bond acceptors (Lipinski definition) is 5. The number of hydrogen-bond donors (Lipinski definition) is 1. The molecule has 21 heavy (non-hydrogen) atoms. The van der Waals surface area contributed by atoms with E-state index < -0.39 is 0 Å². The van der Waals surface area contributed by atoms with E-state index >= 15 is 0 Å². The Morgan fingerprint density at radius 3 is 3.10 bits per heavy atom. The molecule has 6 heteroatoms. The van der Waals surface area contributed by atoms with Gasteiger partial charge in [0.05, 0.1) is 0 Å². The van der Waals surface area contributed by atoms with Gasteiger partial charge in [-0.3, -0.25) is 9.69 Å². The lowest BCUT2D eigenvalue weighted by atomic mass is 10.1. The van der Waals surface area contributed by atoms with E-state index in [-0.39, 0.29) is 11.9 Å². The second kappa shape index (κ2) is 6.17. The summed E-state index contributed by atoms with van der Waals surface area (Å²) in [5, 5.41) is 3.09. The standard InChI is InChI=1S/C15H23N3O3/c1-17-5-6-18-8-11(7-12(18)9-17)16-15(19)14-4-3-13(21-14)10-20-2/h3-4,11-12H,5-10H2,1-2H3,(H,16,19)/t11-,12-/m0/s1. The molecule has 3 rings (SSSR count). The SMILES string of the molecule is COCc1ccc(C(=O)N[C@H]2C[C@H]3CN(C)CCN3C2)o1. The molecule has 6 nitrogen and oxygen atoms in total. The molecule has 0 unspecified atom stereocenters. The number of nitrogens with zero attached hydrogens (tertiary/aromatic N) is 2. The predicted octanol–water partition coefficient (Wildman–Crippen LogP) is 0.544. The van der Waals surface area contributed by atoms with Crippen LogP contribution in [-0.4, -0.2) is 68.1 Å². The zero-order valence-corrected chi connectivity index (χ0v) is 12.7. The monoisotopic (exact) mass is 293 g/mol. The molecule has 1 amide bonds. The molecular weight excluding hydrogens is 270 g/mol. The number of amides is 1. The van der Waals surface area contributed by atoms with Gasteiger partial charge < -0.3 is 19.4 Å². The number of rotatable bonds is 4. The Morgan fingerprint density at radius 1 is 1.43 bits per heavy atom. The first-order valence-electron chi connectivity index (χ1n) is 7.47. The van der Waals surface area contributed by atoms with Gasteiger partial charge in [0.15, 0.2) is 5.76 Å². The second-order valence-corrected chi connectivity index (χ2v) is 6.02. The molecule has 2 aliphatic heterocycles. The molecular formula is C15H23N3O3. The summed E-state index contributed by atoms with van der Waals surface area (Å²) >= 11 is 0.